The summed E-state index contributed by atoms with van der Waals surface area (Å²) in [5, 5.41) is 3.51. The van der Waals surface area contributed by atoms with Crippen molar-refractivity contribution in [3.05, 3.63) is 35.9 Å². The molecule has 1 aromatic carbocycles. The molecule has 0 saturated carbocycles. The Labute approximate surface area is 99.2 Å². The van der Waals surface area contributed by atoms with Crippen LogP contribution in [0.25, 0.3) is 0 Å². The largest absolute Gasteiger partial charge is 0.330 e. The molecule has 0 aliphatic rings. The van der Waals surface area contributed by atoms with Gasteiger partial charge in [-0.2, -0.15) is 0 Å². The molecule has 0 bridgehead atoms. The first-order valence-electron chi connectivity index (χ1n) is 6.23. The Balaban J connectivity index is 2.38. The van der Waals surface area contributed by atoms with Crippen molar-refractivity contribution in [2.45, 2.75) is 26.2 Å². The van der Waals surface area contributed by atoms with Crippen LogP contribution in [-0.4, -0.2) is 19.6 Å². The van der Waals surface area contributed by atoms with Crippen molar-refractivity contribution in [1.82, 2.24) is 5.32 Å². The predicted molar refractivity (Wildman–Crippen MR) is 70.6 cm³/mol. The second-order valence-corrected chi connectivity index (χ2v) is 4.51. The summed E-state index contributed by atoms with van der Waals surface area (Å²) in [4.78, 5) is 0. The molecule has 2 nitrogen and oxygen atoms in total. The van der Waals surface area contributed by atoms with Crippen LogP contribution < -0.4 is 11.1 Å². The summed E-state index contributed by atoms with van der Waals surface area (Å²) in [6.07, 6.45) is 1.23. The molecule has 1 aromatic rings. The maximum Gasteiger partial charge on any atom is 0.00863 e. The zero-order valence-electron chi connectivity index (χ0n) is 10.4. The average molecular weight is 220 g/mol. The smallest absolute Gasteiger partial charge is 0.00863 e. The molecule has 0 radical (unpaired) electrons. The number of benzene rings is 1. The SMILES string of the molecule is CCC(C)CNCC(CN)c1ccccc1. The molecule has 0 amide bonds. The molecular weight excluding hydrogens is 196 g/mol. The van der Waals surface area contributed by atoms with Gasteiger partial charge in [0, 0.05) is 19.0 Å². The third-order valence-electron chi connectivity index (χ3n) is 3.14. The van der Waals surface area contributed by atoms with E-state index >= 15 is 0 Å². The van der Waals surface area contributed by atoms with E-state index < -0.39 is 0 Å². The Bertz CT molecular complexity index is 271. The minimum atomic E-state index is 0.435. The van der Waals surface area contributed by atoms with E-state index in [-0.39, 0.29) is 0 Å². The van der Waals surface area contributed by atoms with Crippen LogP contribution >= 0.6 is 0 Å². The highest BCUT2D eigenvalue weighted by atomic mass is 14.9. The predicted octanol–water partition coefficient (Wildman–Crippen LogP) is 2.36. The molecule has 0 saturated heterocycles. The van der Waals surface area contributed by atoms with Crippen molar-refractivity contribution in [1.29, 1.82) is 0 Å². The monoisotopic (exact) mass is 220 g/mol. The molecule has 2 atom stereocenters. The molecule has 0 aliphatic heterocycles. The van der Waals surface area contributed by atoms with Gasteiger partial charge in [0.15, 0.2) is 0 Å². The summed E-state index contributed by atoms with van der Waals surface area (Å²) < 4.78 is 0. The third-order valence-corrected chi connectivity index (χ3v) is 3.14. The Morgan fingerprint density at radius 2 is 1.88 bits per heavy atom. The van der Waals surface area contributed by atoms with Gasteiger partial charge in [-0.25, -0.2) is 0 Å². The molecule has 1 rings (SSSR count). The fourth-order valence-electron chi connectivity index (χ4n) is 1.71. The highest BCUT2D eigenvalue weighted by Crippen LogP contribution is 2.12. The minimum Gasteiger partial charge on any atom is -0.330 e. The molecule has 0 spiro atoms. The highest BCUT2D eigenvalue weighted by molar-refractivity contribution is 5.20. The molecular formula is C14H24N2. The lowest BCUT2D eigenvalue weighted by molar-refractivity contribution is 0.481. The van der Waals surface area contributed by atoms with Gasteiger partial charge in [-0.05, 0) is 18.0 Å². The van der Waals surface area contributed by atoms with E-state index in [1.807, 2.05) is 6.07 Å². The molecule has 2 heteroatoms. The fraction of sp³-hybridized carbons (Fsp3) is 0.571. The van der Waals surface area contributed by atoms with Crippen molar-refractivity contribution in [3.8, 4) is 0 Å². The lowest BCUT2D eigenvalue weighted by Crippen LogP contribution is -2.29. The maximum atomic E-state index is 5.81. The first-order valence-corrected chi connectivity index (χ1v) is 6.23. The van der Waals surface area contributed by atoms with Crippen molar-refractivity contribution < 1.29 is 0 Å². The second kappa shape index (κ2) is 7.42. The molecule has 0 aromatic heterocycles. The lowest BCUT2D eigenvalue weighted by Gasteiger charge is -2.17. The molecule has 3 N–H and O–H groups in total. The second-order valence-electron chi connectivity index (χ2n) is 4.51. The van der Waals surface area contributed by atoms with E-state index in [1.54, 1.807) is 0 Å². The Morgan fingerprint density at radius 1 is 1.19 bits per heavy atom. The number of hydrogen-bond donors (Lipinski definition) is 2. The van der Waals surface area contributed by atoms with Crippen LogP contribution in [0.1, 0.15) is 31.7 Å². The zero-order valence-corrected chi connectivity index (χ0v) is 10.4. The van der Waals surface area contributed by atoms with Crippen LogP contribution in [-0.2, 0) is 0 Å². The molecule has 0 aliphatic carbocycles. The molecule has 0 heterocycles. The van der Waals surface area contributed by atoms with Crippen molar-refractivity contribution in [2.75, 3.05) is 19.6 Å². The van der Waals surface area contributed by atoms with Crippen LogP contribution in [0.4, 0.5) is 0 Å². The van der Waals surface area contributed by atoms with Crippen molar-refractivity contribution >= 4 is 0 Å². The van der Waals surface area contributed by atoms with Crippen LogP contribution in [0.3, 0.4) is 0 Å². The zero-order chi connectivity index (χ0) is 11.8. The van der Waals surface area contributed by atoms with Gasteiger partial charge in [0.25, 0.3) is 0 Å². The van der Waals surface area contributed by atoms with Gasteiger partial charge in [0.2, 0.25) is 0 Å². The van der Waals surface area contributed by atoms with E-state index in [9.17, 15) is 0 Å². The topological polar surface area (TPSA) is 38.0 Å². The van der Waals surface area contributed by atoms with Gasteiger partial charge in [-0.3, -0.25) is 0 Å². The minimum absolute atomic E-state index is 0.435. The van der Waals surface area contributed by atoms with Crippen LogP contribution in [0.5, 0.6) is 0 Å². The Kier molecular flexibility index (Phi) is 6.12. The summed E-state index contributed by atoms with van der Waals surface area (Å²) in [5.41, 5.74) is 7.15. The molecule has 16 heavy (non-hydrogen) atoms. The summed E-state index contributed by atoms with van der Waals surface area (Å²) in [5.74, 6) is 1.18. The first-order chi connectivity index (χ1) is 7.77. The van der Waals surface area contributed by atoms with E-state index in [0.717, 1.165) is 19.0 Å². The molecule has 0 fully saturated rings. The number of nitrogens with one attached hydrogen (secondary N) is 1. The molecule has 90 valence electrons. The summed E-state index contributed by atoms with van der Waals surface area (Å²) in [6.45, 7) is 7.26. The van der Waals surface area contributed by atoms with Crippen LogP contribution in [0.2, 0.25) is 0 Å². The summed E-state index contributed by atoms with van der Waals surface area (Å²) in [7, 11) is 0. The first kappa shape index (κ1) is 13.2. The van der Waals surface area contributed by atoms with Gasteiger partial charge in [-0.1, -0.05) is 50.6 Å². The lowest BCUT2D eigenvalue weighted by atomic mass is 9.99. The van der Waals surface area contributed by atoms with Crippen molar-refractivity contribution in [3.63, 3.8) is 0 Å². The van der Waals surface area contributed by atoms with Crippen LogP contribution in [0.15, 0.2) is 30.3 Å². The van der Waals surface area contributed by atoms with Gasteiger partial charge in [0.1, 0.15) is 0 Å². The number of hydrogen-bond acceptors (Lipinski definition) is 2. The average Bonchev–Trinajstić information content (AvgIpc) is 2.35. The highest BCUT2D eigenvalue weighted by Gasteiger charge is 2.08. The maximum absolute atomic E-state index is 5.81. The normalized spacial score (nSPS) is 14.7. The Hall–Kier alpha value is -0.860. The van der Waals surface area contributed by atoms with Gasteiger partial charge in [-0.15, -0.1) is 0 Å². The van der Waals surface area contributed by atoms with E-state index in [2.05, 4.69) is 43.4 Å². The number of nitrogens with two attached hydrogens (primary N) is 1. The van der Waals surface area contributed by atoms with E-state index in [0.29, 0.717) is 12.5 Å². The summed E-state index contributed by atoms with van der Waals surface area (Å²) >= 11 is 0. The van der Waals surface area contributed by atoms with Gasteiger partial charge < -0.3 is 11.1 Å². The Morgan fingerprint density at radius 3 is 2.44 bits per heavy atom. The van der Waals surface area contributed by atoms with E-state index in [1.165, 1.54) is 12.0 Å². The number of rotatable bonds is 7. The van der Waals surface area contributed by atoms with Crippen molar-refractivity contribution in [2.24, 2.45) is 11.7 Å². The standard InChI is InChI=1S/C14H24N2/c1-3-12(2)10-16-11-14(9-15)13-7-5-4-6-8-13/h4-8,12,14,16H,3,9-11,15H2,1-2H3. The fourth-order valence-corrected chi connectivity index (χ4v) is 1.71. The van der Waals surface area contributed by atoms with Crippen LogP contribution in [0, 0.1) is 5.92 Å². The van der Waals surface area contributed by atoms with E-state index in [4.69, 9.17) is 5.73 Å². The summed E-state index contributed by atoms with van der Waals surface area (Å²) in [6, 6.07) is 10.5. The van der Waals surface area contributed by atoms with Gasteiger partial charge >= 0.3 is 0 Å². The third kappa shape index (κ3) is 4.33. The molecule has 2 unspecified atom stereocenters. The quantitative estimate of drug-likeness (QED) is 0.740. The van der Waals surface area contributed by atoms with Gasteiger partial charge in [0.05, 0.1) is 0 Å².